The molecule has 1 aliphatic carbocycles. The minimum atomic E-state index is -0.614. The summed E-state index contributed by atoms with van der Waals surface area (Å²) < 4.78 is 5.15. The Morgan fingerprint density at radius 3 is 2.88 bits per heavy atom. The van der Waals surface area contributed by atoms with E-state index < -0.39 is 23.9 Å². The number of fused-ring (bicyclic) bond motifs is 1. The third-order valence-corrected chi connectivity index (χ3v) is 2.97. The number of aliphatic hydroxyl groups is 1. The zero-order valence-corrected chi connectivity index (χ0v) is 9.34. The summed E-state index contributed by atoms with van der Waals surface area (Å²) in [6.07, 6.45) is 4.06. The molecule has 5 nitrogen and oxygen atoms in total. The second kappa shape index (κ2) is 4.08. The largest absolute Gasteiger partial charge is 0.508 e. The molecule has 0 aromatic heterocycles. The molecule has 90 valence electrons. The highest BCUT2D eigenvalue weighted by molar-refractivity contribution is 5.85. The van der Waals surface area contributed by atoms with E-state index in [1.807, 2.05) is 0 Å². The van der Waals surface area contributed by atoms with Crippen LogP contribution in [0.4, 0.5) is 0 Å². The maximum Gasteiger partial charge on any atom is 0.314 e. The van der Waals surface area contributed by atoms with Crippen LogP contribution in [-0.4, -0.2) is 23.1 Å². The van der Waals surface area contributed by atoms with Gasteiger partial charge in [0.25, 0.3) is 0 Å². The van der Waals surface area contributed by atoms with E-state index in [-0.39, 0.29) is 12.2 Å². The summed E-state index contributed by atoms with van der Waals surface area (Å²) in [5.41, 5.74) is 6.67. The average Bonchev–Trinajstić information content (AvgIpc) is 2.23. The van der Waals surface area contributed by atoms with Gasteiger partial charge in [0.05, 0.1) is 5.92 Å². The molecule has 2 rings (SSSR count). The molecule has 0 spiro atoms. The van der Waals surface area contributed by atoms with Gasteiger partial charge in [-0.2, -0.15) is 0 Å². The molecular weight excluding hydrogens is 222 g/mol. The van der Waals surface area contributed by atoms with Crippen LogP contribution in [-0.2, 0) is 14.3 Å². The lowest BCUT2D eigenvalue weighted by Crippen LogP contribution is -2.35. The van der Waals surface area contributed by atoms with Gasteiger partial charge < -0.3 is 15.6 Å². The lowest BCUT2D eigenvalue weighted by Gasteiger charge is -2.30. The van der Waals surface area contributed by atoms with Crippen molar-refractivity contribution >= 4 is 11.9 Å². The van der Waals surface area contributed by atoms with Gasteiger partial charge in [0.15, 0.2) is 0 Å². The number of carbonyl (C=O) groups is 2. The van der Waals surface area contributed by atoms with Crippen LogP contribution in [0.25, 0.3) is 0 Å². The molecule has 1 aliphatic heterocycles. The fourth-order valence-corrected chi connectivity index (χ4v) is 2.05. The number of primary amides is 1. The summed E-state index contributed by atoms with van der Waals surface area (Å²) in [6, 6.07) is 0. The van der Waals surface area contributed by atoms with E-state index in [9.17, 15) is 14.7 Å². The summed E-state index contributed by atoms with van der Waals surface area (Å²) in [7, 11) is 0. The van der Waals surface area contributed by atoms with Gasteiger partial charge in [-0.25, -0.2) is 0 Å². The molecule has 1 amide bonds. The topological polar surface area (TPSA) is 89.6 Å². The molecule has 0 bridgehead atoms. The number of carbonyl (C=O) groups excluding carboxylic acids is 2. The number of ether oxygens (including phenoxy) is 1. The van der Waals surface area contributed by atoms with Gasteiger partial charge in [0.2, 0.25) is 5.91 Å². The van der Waals surface area contributed by atoms with Crippen LogP contribution in [0.15, 0.2) is 35.1 Å². The minimum absolute atomic E-state index is 0.0512. The quantitative estimate of drug-likeness (QED) is 0.690. The highest BCUT2D eigenvalue weighted by atomic mass is 16.5. The van der Waals surface area contributed by atoms with Crippen molar-refractivity contribution in [2.75, 3.05) is 0 Å². The van der Waals surface area contributed by atoms with E-state index in [2.05, 4.69) is 0 Å². The molecule has 3 N–H and O–H groups in total. The molecule has 0 saturated carbocycles. The van der Waals surface area contributed by atoms with Crippen LogP contribution in [0.2, 0.25) is 0 Å². The molecule has 5 heteroatoms. The van der Waals surface area contributed by atoms with Gasteiger partial charge in [-0.1, -0.05) is 11.6 Å². The molecule has 1 heterocycles. The first kappa shape index (κ1) is 11.4. The Kier molecular flexibility index (Phi) is 2.75. The summed E-state index contributed by atoms with van der Waals surface area (Å²) in [6.45, 7) is 1.77. The minimum Gasteiger partial charge on any atom is -0.508 e. The second-order valence-electron chi connectivity index (χ2n) is 4.14. The Morgan fingerprint density at radius 2 is 2.24 bits per heavy atom. The fourth-order valence-electron chi connectivity index (χ4n) is 2.05. The summed E-state index contributed by atoms with van der Waals surface area (Å²) in [5.74, 6) is -1.57. The van der Waals surface area contributed by atoms with E-state index in [0.717, 1.165) is 11.1 Å². The Balaban J connectivity index is 2.36. The molecule has 17 heavy (non-hydrogen) atoms. The molecule has 0 fully saturated rings. The molecule has 2 atom stereocenters. The number of hydrogen-bond acceptors (Lipinski definition) is 4. The smallest absolute Gasteiger partial charge is 0.314 e. The third kappa shape index (κ3) is 2.08. The van der Waals surface area contributed by atoms with Crippen molar-refractivity contribution in [2.24, 2.45) is 11.7 Å². The van der Waals surface area contributed by atoms with E-state index in [1.165, 1.54) is 12.2 Å². The number of rotatable bonds is 2. The summed E-state index contributed by atoms with van der Waals surface area (Å²) in [5, 5.41) is 9.32. The zero-order chi connectivity index (χ0) is 12.6. The van der Waals surface area contributed by atoms with Crippen molar-refractivity contribution in [3.8, 4) is 0 Å². The third-order valence-electron chi connectivity index (χ3n) is 2.97. The molecular formula is C12H13NO4. The van der Waals surface area contributed by atoms with E-state index >= 15 is 0 Å². The first-order chi connectivity index (χ1) is 7.99. The lowest BCUT2D eigenvalue weighted by atomic mass is 9.86. The number of hydrogen-bond donors (Lipinski definition) is 2. The van der Waals surface area contributed by atoms with Crippen LogP contribution in [0.3, 0.4) is 0 Å². The van der Waals surface area contributed by atoms with Crippen LogP contribution in [0.5, 0.6) is 0 Å². The fraction of sp³-hybridized carbons (Fsp3) is 0.333. The zero-order valence-electron chi connectivity index (χ0n) is 9.34. The number of aliphatic hydroxyl groups excluding tert-OH is 1. The Bertz CT molecular complexity index is 473. The van der Waals surface area contributed by atoms with Crippen molar-refractivity contribution in [2.45, 2.75) is 19.4 Å². The second-order valence-corrected chi connectivity index (χ2v) is 4.14. The van der Waals surface area contributed by atoms with Gasteiger partial charge in [0.1, 0.15) is 11.9 Å². The first-order valence-electron chi connectivity index (χ1n) is 5.27. The van der Waals surface area contributed by atoms with Crippen molar-refractivity contribution in [3.05, 3.63) is 35.1 Å². The summed E-state index contributed by atoms with van der Waals surface area (Å²) in [4.78, 5) is 22.6. The van der Waals surface area contributed by atoms with Crippen LogP contribution >= 0.6 is 0 Å². The number of nitrogens with two attached hydrogens (primary N) is 1. The van der Waals surface area contributed by atoms with E-state index in [1.54, 1.807) is 13.0 Å². The van der Waals surface area contributed by atoms with Crippen molar-refractivity contribution in [1.29, 1.82) is 0 Å². The highest BCUT2D eigenvalue weighted by Gasteiger charge is 2.35. The molecule has 2 aliphatic rings. The Hall–Kier alpha value is -2.04. The molecule has 0 aromatic rings. The van der Waals surface area contributed by atoms with Gasteiger partial charge in [-0.15, -0.1) is 0 Å². The highest BCUT2D eigenvalue weighted by Crippen LogP contribution is 2.32. The van der Waals surface area contributed by atoms with Crippen molar-refractivity contribution < 1.29 is 19.4 Å². The SMILES string of the molecule is CC1=C2C=CC(O)=CC2OC(=O)C1CC(N)=O. The maximum atomic E-state index is 11.7. The summed E-state index contributed by atoms with van der Waals surface area (Å²) >= 11 is 0. The molecule has 0 radical (unpaired) electrons. The van der Waals surface area contributed by atoms with Crippen molar-refractivity contribution in [3.63, 3.8) is 0 Å². The molecule has 0 aromatic carbocycles. The number of allylic oxidation sites excluding steroid dienone is 1. The molecule has 0 saturated heterocycles. The number of esters is 1. The van der Waals surface area contributed by atoms with E-state index in [0.29, 0.717) is 0 Å². The van der Waals surface area contributed by atoms with Gasteiger partial charge in [0, 0.05) is 12.5 Å². The lowest BCUT2D eigenvalue weighted by molar-refractivity contribution is -0.152. The number of amides is 1. The predicted molar refractivity (Wildman–Crippen MR) is 59.7 cm³/mol. The first-order valence-corrected chi connectivity index (χ1v) is 5.27. The van der Waals surface area contributed by atoms with Gasteiger partial charge in [-0.05, 0) is 18.6 Å². The monoisotopic (exact) mass is 235 g/mol. The Labute approximate surface area is 98.2 Å². The normalized spacial score (nSPS) is 27.4. The van der Waals surface area contributed by atoms with E-state index in [4.69, 9.17) is 10.5 Å². The van der Waals surface area contributed by atoms with Crippen molar-refractivity contribution in [1.82, 2.24) is 0 Å². The van der Waals surface area contributed by atoms with Crippen LogP contribution < -0.4 is 5.73 Å². The Morgan fingerprint density at radius 1 is 1.53 bits per heavy atom. The van der Waals surface area contributed by atoms with Crippen LogP contribution in [0, 0.1) is 5.92 Å². The molecule has 2 unspecified atom stereocenters. The van der Waals surface area contributed by atoms with Gasteiger partial charge >= 0.3 is 5.97 Å². The average molecular weight is 235 g/mol. The predicted octanol–water partition coefficient (Wildman–Crippen LogP) is 0.732. The standard InChI is InChI=1S/C12H13NO4/c1-6-8-3-2-7(14)4-10(8)17-12(16)9(6)5-11(13)15/h2-4,9-10,14H,5H2,1H3,(H2,13,15). The van der Waals surface area contributed by atoms with Crippen LogP contribution in [0.1, 0.15) is 13.3 Å². The maximum absolute atomic E-state index is 11.7. The van der Waals surface area contributed by atoms with Gasteiger partial charge in [-0.3, -0.25) is 9.59 Å².